The minimum atomic E-state index is -4.03. The predicted octanol–water partition coefficient (Wildman–Crippen LogP) is 3.03. The molecule has 2 aliphatic heterocycles. The van der Waals surface area contributed by atoms with Crippen molar-refractivity contribution in [3.63, 3.8) is 0 Å². The lowest BCUT2D eigenvalue weighted by atomic mass is 9.83. The van der Waals surface area contributed by atoms with Gasteiger partial charge in [-0.05, 0) is 31.0 Å². The maximum Gasteiger partial charge on any atom is 0.269 e. The van der Waals surface area contributed by atoms with Crippen LogP contribution in [0.4, 0.5) is 0 Å². The molecule has 8 heteroatoms. The Morgan fingerprint density at radius 3 is 2.50 bits per heavy atom. The summed E-state index contributed by atoms with van der Waals surface area (Å²) in [5, 5.41) is 2.93. The van der Waals surface area contributed by atoms with E-state index < -0.39 is 34.0 Å². The Labute approximate surface area is 176 Å². The van der Waals surface area contributed by atoms with Crippen LogP contribution in [0, 0.1) is 0 Å². The monoisotopic (exact) mass is 428 g/mol. The van der Waals surface area contributed by atoms with Gasteiger partial charge >= 0.3 is 0 Å². The van der Waals surface area contributed by atoms with Crippen molar-refractivity contribution in [1.29, 1.82) is 0 Å². The topological polar surface area (TPSA) is 92.8 Å². The number of sulfonamides is 1. The van der Waals surface area contributed by atoms with Crippen LogP contribution in [0.15, 0.2) is 53.4 Å². The number of hydrogen-bond acceptors (Lipinski definition) is 5. The van der Waals surface area contributed by atoms with E-state index in [0.717, 1.165) is 24.2 Å². The van der Waals surface area contributed by atoms with Gasteiger partial charge in [-0.25, -0.2) is 12.7 Å². The maximum absolute atomic E-state index is 12.8. The van der Waals surface area contributed by atoms with Gasteiger partial charge in [0.25, 0.3) is 15.9 Å². The van der Waals surface area contributed by atoms with E-state index >= 15 is 0 Å². The normalized spacial score (nSPS) is 20.8. The number of amides is 2. The van der Waals surface area contributed by atoms with E-state index in [-0.39, 0.29) is 16.5 Å². The zero-order valence-corrected chi connectivity index (χ0v) is 17.7. The van der Waals surface area contributed by atoms with Crippen molar-refractivity contribution in [1.82, 2.24) is 9.62 Å². The molecule has 0 saturated heterocycles. The first-order valence-corrected chi connectivity index (χ1v) is 11.5. The van der Waals surface area contributed by atoms with Gasteiger partial charge in [-0.1, -0.05) is 44.2 Å². The SMILES string of the molecule is CCC1(CC)CC(NC(=O)CN2C(=O)c3ccccc3S2(=O)=O)c2ccccc2O1. The molecule has 1 unspecified atom stereocenters. The van der Waals surface area contributed by atoms with Crippen LogP contribution in [0.5, 0.6) is 5.75 Å². The summed E-state index contributed by atoms with van der Waals surface area (Å²) < 4.78 is 32.3. The number of benzene rings is 2. The van der Waals surface area contributed by atoms with E-state index in [2.05, 4.69) is 5.32 Å². The first-order chi connectivity index (χ1) is 14.3. The summed E-state index contributed by atoms with van der Waals surface area (Å²) >= 11 is 0. The fourth-order valence-electron chi connectivity index (χ4n) is 4.19. The summed E-state index contributed by atoms with van der Waals surface area (Å²) in [5.74, 6) is -0.484. The van der Waals surface area contributed by atoms with Crippen molar-refractivity contribution < 1.29 is 22.7 Å². The number of para-hydroxylation sites is 1. The number of carbonyl (C=O) groups is 2. The van der Waals surface area contributed by atoms with Crippen LogP contribution >= 0.6 is 0 Å². The van der Waals surface area contributed by atoms with Gasteiger partial charge in [-0.15, -0.1) is 0 Å². The second-order valence-corrected chi connectivity index (χ2v) is 9.50. The van der Waals surface area contributed by atoms with Gasteiger partial charge in [0.1, 0.15) is 22.8 Å². The quantitative estimate of drug-likeness (QED) is 0.790. The summed E-state index contributed by atoms with van der Waals surface area (Å²) in [6.45, 7) is 3.53. The lowest BCUT2D eigenvalue weighted by Gasteiger charge is -2.41. The van der Waals surface area contributed by atoms with Gasteiger partial charge in [-0.3, -0.25) is 9.59 Å². The van der Waals surface area contributed by atoms with Crippen molar-refractivity contribution >= 4 is 21.8 Å². The second kappa shape index (κ2) is 7.43. The molecule has 0 aliphatic carbocycles. The number of hydrogen-bond donors (Lipinski definition) is 1. The van der Waals surface area contributed by atoms with E-state index in [4.69, 9.17) is 4.74 Å². The molecule has 0 saturated carbocycles. The van der Waals surface area contributed by atoms with E-state index in [0.29, 0.717) is 10.7 Å². The van der Waals surface area contributed by atoms with Crippen LogP contribution in [0.2, 0.25) is 0 Å². The molecule has 1 atom stereocenters. The molecule has 1 N–H and O–H groups in total. The second-order valence-electron chi connectivity index (χ2n) is 7.67. The predicted molar refractivity (Wildman–Crippen MR) is 111 cm³/mol. The number of nitrogens with one attached hydrogen (secondary N) is 1. The Morgan fingerprint density at radius 1 is 1.13 bits per heavy atom. The molecular weight excluding hydrogens is 404 g/mol. The molecule has 2 aromatic rings. The molecule has 0 aromatic heterocycles. The molecule has 0 bridgehead atoms. The van der Waals surface area contributed by atoms with Crippen molar-refractivity contribution in [2.45, 2.75) is 49.6 Å². The van der Waals surface area contributed by atoms with Crippen LogP contribution in [0.25, 0.3) is 0 Å². The highest BCUT2D eigenvalue weighted by molar-refractivity contribution is 7.90. The van der Waals surface area contributed by atoms with E-state index in [1.54, 1.807) is 12.1 Å². The summed E-state index contributed by atoms with van der Waals surface area (Å²) in [6.07, 6.45) is 2.13. The number of rotatable bonds is 5. The highest BCUT2D eigenvalue weighted by Gasteiger charge is 2.43. The van der Waals surface area contributed by atoms with Crippen LogP contribution in [-0.4, -0.2) is 36.7 Å². The Bertz CT molecular complexity index is 1110. The number of ether oxygens (including phenoxy) is 1. The fourth-order valence-corrected chi connectivity index (χ4v) is 5.71. The van der Waals surface area contributed by atoms with E-state index in [1.165, 1.54) is 12.1 Å². The minimum absolute atomic E-state index is 0.0600. The van der Waals surface area contributed by atoms with Gasteiger partial charge in [0.05, 0.1) is 11.6 Å². The van der Waals surface area contributed by atoms with Gasteiger partial charge < -0.3 is 10.1 Å². The third-order valence-electron chi connectivity index (χ3n) is 6.02. The minimum Gasteiger partial charge on any atom is -0.487 e. The fraction of sp³-hybridized carbons (Fsp3) is 0.364. The summed E-state index contributed by atoms with van der Waals surface area (Å²) in [7, 11) is -4.03. The highest BCUT2D eigenvalue weighted by Crippen LogP contribution is 2.42. The Hall–Kier alpha value is -2.87. The third kappa shape index (κ3) is 3.25. The number of nitrogens with zero attached hydrogens (tertiary/aromatic N) is 1. The Morgan fingerprint density at radius 2 is 1.80 bits per heavy atom. The molecule has 0 radical (unpaired) electrons. The van der Waals surface area contributed by atoms with Crippen molar-refractivity contribution in [3.8, 4) is 5.75 Å². The molecule has 30 heavy (non-hydrogen) atoms. The first-order valence-electron chi connectivity index (χ1n) is 10.0. The van der Waals surface area contributed by atoms with Crippen LogP contribution in [0.1, 0.15) is 55.1 Å². The Kier molecular flexibility index (Phi) is 5.05. The largest absolute Gasteiger partial charge is 0.487 e. The average Bonchev–Trinajstić information content (AvgIpc) is 2.94. The standard InChI is InChI=1S/C22H24N2O5S/c1-3-22(4-2)13-17(15-9-5-7-11-18(15)29-22)23-20(25)14-24-21(26)16-10-6-8-12-19(16)30(24,27)28/h5-12,17H,3-4,13-14H2,1-2H3,(H,23,25). The molecule has 2 heterocycles. The summed E-state index contributed by atoms with van der Waals surface area (Å²) in [5.41, 5.74) is 0.540. The van der Waals surface area contributed by atoms with E-state index in [1.807, 2.05) is 38.1 Å². The molecular formula is C22H24N2O5S. The van der Waals surface area contributed by atoms with Crippen LogP contribution in [-0.2, 0) is 14.8 Å². The van der Waals surface area contributed by atoms with Crippen molar-refractivity contribution in [2.75, 3.05) is 6.54 Å². The van der Waals surface area contributed by atoms with Gasteiger partial charge in [0, 0.05) is 12.0 Å². The lowest BCUT2D eigenvalue weighted by Crippen LogP contribution is -2.47. The van der Waals surface area contributed by atoms with Gasteiger partial charge in [-0.2, -0.15) is 0 Å². The van der Waals surface area contributed by atoms with Crippen LogP contribution in [0.3, 0.4) is 0 Å². The molecule has 2 aliphatic rings. The first kappa shape index (κ1) is 20.4. The van der Waals surface area contributed by atoms with Crippen molar-refractivity contribution in [2.24, 2.45) is 0 Å². The molecule has 0 fully saturated rings. The van der Waals surface area contributed by atoms with Gasteiger partial charge in [0.15, 0.2) is 0 Å². The zero-order valence-electron chi connectivity index (χ0n) is 16.9. The lowest BCUT2D eigenvalue weighted by molar-refractivity contribution is -0.122. The molecule has 4 rings (SSSR count). The molecule has 158 valence electrons. The van der Waals surface area contributed by atoms with Crippen molar-refractivity contribution in [3.05, 3.63) is 59.7 Å². The maximum atomic E-state index is 12.8. The van der Waals surface area contributed by atoms with Crippen LogP contribution < -0.4 is 10.1 Å². The number of carbonyl (C=O) groups excluding carboxylic acids is 2. The Balaban J connectivity index is 1.57. The molecule has 0 spiro atoms. The van der Waals surface area contributed by atoms with E-state index in [9.17, 15) is 18.0 Å². The molecule has 2 amide bonds. The van der Waals surface area contributed by atoms with Gasteiger partial charge in [0.2, 0.25) is 5.91 Å². The average molecular weight is 429 g/mol. The smallest absolute Gasteiger partial charge is 0.269 e. The molecule has 2 aromatic carbocycles. The summed E-state index contributed by atoms with van der Waals surface area (Å²) in [4.78, 5) is 25.4. The highest BCUT2D eigenvalue weighted by atomic mass is 32.2. The zero-order chi connectivity index (χ0) is 21.5. The molecule has 7 nitrogen and oxygen atoms in total. The summed E-state index contributed by atoms with van der Waals surface area (Å²) in [6, 6.07) is 13.2. The third-order valence-corrected chi connectivity index (χ3v) is 7.81. The number of fused-ring (bicyclic) bond motifs is 2.